The summed E-state index contributed by atoms with van der Waals surface area (Å²) in [4.78, 5) is 18.5. The summed E-state index contributed by atoms with van der Waals surface area (Å²) in [6.07, 6.45) is 6.92. The van der Waals surface area contributed by atoms with E-state index in [9.17, 15) is 10.2 Å². The molecule has 4 aromatic rings. The number of piperidine rings is 1. The number of nitrogens with zero attached hydrogens (tertiary/aromatic N) is 5. The van der Waals surface area contributed by atoms with Crippen LogP contribution in [0.5, 0.6) is 17.6 Å². The van der Waals surface area contributed by atoms with E-state index in [0.29, 0.717) is 49.2 Å². The zero-order chi connectivity index (χ0) is 34.6. The fraction of sp³-hybridized carbons (Fsp3) is 0.541. The molecule has 2 aromatic carbocycles. The lowest BCUT2D eigenvalue weighted by Gasteiger charge is -2.53. The van der Waals surface area contributed by atoms with Crippen LogP contribution in [0.15, 0.2) is 30.3 Å². The van der Waals surface area contributed by atoms with Crippen molar-refractivity contribution < 1.29 is 37.9 Å². The van der Waals surface area contributed by atoms with Crippen LogP contribution in [0.25, 0.3) is 32.9 Å². The highest BCUT2D eigenvalue weighted by molar-refractivity contribution is 6.02. The fourth-order valence-corrected chi connectivity index (χ4v) is 8.85. The number of ether oxygens (including phenoxy) is 4. The third-order valence-electron chi connectivity index (χ3n) is 11.3. The molecule has 2 saturated heterocycles. The zero-order valence-electron chi connectivity index (χ0n) is 28.4. The Morgan fingerprint density at radius 3 is 2.70 bits per heavy atom. The smallest absolute Gasteiger partial charge is 0.319 e. The van der Waals surface area contributed by atoms with E-state index in [1.165, 1.54) is 31.4 Å². The molecular weight excluding hydrogens is 648 g/mol. The number of hydrogen-bond acceptors (Lipinski definition) is 11. The topological polar surface area (TPSA) is 123 Å². The summed E-state index contributed by atoms with van der Waals surface area (Å²) in [6, 6.07) is 8.02. The molecule has 4 fully saturated rings. The average molecular weight is 692 g/mol. The molecule has 11 nitrogen and oxygen atoms in total. The number of fused-ring (bicyclic) bond motifs is 3. The Labute approximate surface area is 289 Å². The van der Waals surface area contributed by atoms with Crippen LogP contribution >= 0.6 is 0 Å². The number of phenolic OH excluding ortho intramolecular Hbond substituents is 1. The molecular formula is C37H43F2N5O6. The summed E-state index contributed by atoms with van der Waals surface area (Å²) in [5.41, 5.74) is -0.384. The molecule has 2 saturated carbocycles. The summed E-state index contributed by atoms with van der Waals surface area (Å²) < 4.78 is 55.8. The van der Waals surface area contributed by atoms with Crippen LogP contribution in [-0.2, 0) is 9.47 Å². The first kappa shape index (κ1) is 33.2. The molecule has 0 bridgehead atoms. The molecule has 4 aliphatic rings. The van der Waals surface area contributed by atoms with Crippen LogP contribution in [0.2, 0.25) is 0 Å². The van der Waals surface area contributed by atoms with E-state index in [1.54, 1.807) is 13.2 Å². The largest absolute Gasteiger partial charge is 0.508 e. The second kappa shape index (κ2) is 13.3. The number of anilines is 1. The lowest BCUT2D eigenvalue weighted by Crippen LogP contribution is -2.59. The van der Waals surface area contributed by atoms with Crippen LogP contribution in [0.1, 0.15) is 44.9 Å². The zero-order valence-corrected chi connectivity index (χ0v) is 28.4. The summed E-state index contributed by atoms with van der Waals surface area (Å²) in [7, 11) is 3.19. The second-order valence-corrected chi connectivity index (χ2v) is 14.2. The van der Waals surface area contributed by atoms with E-state index in [4.69, 9.17) is 23.9 Å². The highest BCUT2D eigenvalue weighted by Crippen LogP contribution is 2.50. The summed E-state index contributed by atoms with van der Waals surface area (Å²) >= 11 is 0. The highest BCUT2D eigenvalue weighted by atomic mass is 19.1. The van der Waals surface area contributed by atoms with Crippen molar-refractivity contribution in [3.05, 3.63) is 42.0 Å². The predicted octanol–water partition coefficient (Wildman–Crippen LogP) is 5.23. The predicted molar refractivity (Wildman–Crippen MR) is 183 cm³/mol. The van der Waals surface area contributed by atoms with Gasteiger partial charge in [0.25, 0.3) is 0 Å². The number of aliphatic hydroxyl groups excluding tert-OH is 1. The standard InChI is InChI=1S/C37H43F2N5O6/c1-47-25-15-22(16-25)44-11-5-10-37(9-4-8-28(37)44)20-50-36-41-33-30(34(42-36)43-12-13-49-19-24(46)18-43)35(48-2)40-32(31(33)39)26-17-23(45)14-21-6-3-7-27(38)29(21)26/h3,6-7,14,17,22,24-25,28,45-46H,4-5,8-13,15-16,18-20H2,1-2H3. The third-order valence-corrected chi connectivity index (χ3v) is 11.3. The number of benzene rings is 2. The Kier molecular flexibility index (Phi) is 8.86. The normalized spacial score (nSPS) is 27.3. The van der Waals surface area contributed by atoms with Crippen LogP contribution in [0, 0.1) is 17.0 Å². The first-order valence-electron chi connectivity index (χ1n) is 17.6. The quantitative estimate of drug-likeness (QED) is 0.253. The van der Waals surface area contributed by atoms with Crippen molar-refractivity contribution in [3.63, 3.8) is 0 Å². The van der Waals surface area contributed by atoms with E-state index in [1.807, 2.05) is 4.90 Å². The Hall–Kier alpha value is -3.91. The minimum absolute atomic E-state index is 0.00237. The number of likely N-dealkylation sites (tertiary alicyclic amines) is 1. The molecule has 3 atom stereocenters. The molecule has 8 rings (SSSR count). The number of aromatic hydroxyl groups is 1. The Morgan fingerprint density at radius 1 is 1.04 bits per heavy atom. The van der Waals surface area contributed by atoms with Gasteiger partial charge in [-0.15, -0.1) is 0 Å². The Morgan fingerprint density at radius 2 is 1.88 bits per heavy atom. The molecule has 3 unspecified atom stereocenters. The fourth-order valence-electron chi connectivity index (χ4n) is 8.85. The summed E-state index contributed by atoms with van der Waals surface area (Å²) in [5.74, 6) is -1.29. The number of β-amino-alcohol motifs (C(OH)–C–C–N with tert-alkyl or cyclic N) is 1. The van der Waals surface area contributed by atoms with Crippen LogP contribution < -0.4 is 14.4 Å². The van der Waals surface area contributed by atoms with Gasteiger partial charge in [0, 0.05) is 48.6 Å². The monoisotopic (exact) mass is 691 g/mol. The summed E-state index contributed by atoms with van der Waals surface area (Å²) in [6.45, 7) is 2.45. The molecule has 0 radical (unpaired) electrons. The van der Waals surface area contributed by atoms with Crippen molar-refractivity contribution in [2.24, 2.45) is 5.41 Å². The van der Waals surface area contributed by atoms with Gasteiger partial charge in [-0.25, -0.2) is 13.8 Å². The Bertz CT molecular complexity index is 1910. The van der Waals surface area contributed by atoms with Crippen molar-refractivity contribution in [1.82, 2.24) is 19.9 Å². The molecule has 0 amide bonds. The molecule has 50 heavy (non-hydrogen) atoms. The molecule has 2 aliphatic carbocycles. The molecule has 13 heteroatoms. The van der Waals surface area contributed by atoms with Crippen molar-refractivity contribution in [3.8, 4) is 28.9 Å². The Balaban J connectivity index is 1.23. The minimum atomic E-state index is -0.838. The SMILES string of the molecule is COc1nc(-c2cc(O)cc3cccc(F)c23)c(F)c2nc(OCC34CCCC3N(C3CC(OC)C3)CCC4)nc(N3CCOCC(O)C3)c12. The van der Waals surface area contributed by atoms with Gasteiger partial charge in [-0.05, 0) is 68.7 Å². The molecule has 2 aromatic heterocycles. The van der Waals surface area contributed by atoms with E-state index in [-0.39, 0.29) is 63.8 Å². The first-order chi connectivity index (χ1) is 24.3. The van der Waals surface area contributed by atoms with Gasteiger partial charge in [0.2, 0.25) is 5.88 Å². The van der Waals surface area contributed by atoms with E-state index >= 15 is 8.78 Å². The molecule has 2 aliphatic heterocycles. The maximum atomic E-state index is 17.0. The van der Waals surface area contributed by atoms with E-state index in [2.05, 4.69) is 14.9 Å². The number of aromatic nitrogens is 3. The van der Waals surface area contributed by atoms with Gasteiger partial charge in [-0.3, -0.25) is 4.90 Å². The minimum Gasteiger partial charge on any atom is -0.508 e. The number of methoxy groups -OCH3 is 2. The van der Waals surface area contributed by atoms with Crippen LogP contribution in [0.4, 0.5) is 14.6 Å². The third kappa shape index (κ3) is 5.77. The van der Waals surface area contributed by atoms with Gasteiger partial charge in [0.15, 0.2) is 5.82 Å². The lowest BCUT2D eigenvalue weighted by atomic mass is 9.73. The number of pyridine rings is 1. The number of phenols is 1. The van der Waals surface area contributed by atoms with Gasteiger partial charge >= 0.3 is 6.01 Å². The molecule has 0 spiro atoms. The first-order valence-corrected chi connectivity index (χ1v) is 17.6. The average Bonchev–Trinajstić information content (AvgIpc) is 3.41. The van der Waals surface area contributed by atoms with Crippen LogP contribution in [-0.4, -0.2) is 108 Å². The molecule has 2 N–H and O–H groups in total. The van der Waals surface area contributed by atoms with Crippen LogP contribution in [0.3, 0.4) is 0 Å². The van der Waals surface area contributed by atoms with Crippen molar-refractivity contribution >= 4 is 27.5 Å². The van der Waals surface area contributed by atoms with Gasteiger partial charge in [0.1, 0.15) is 34.0 Å². The maximum Gasteiger partial charge on any atom is 0.319 e. The number of halogens is 2. The van der Waals surface area contributed by atoms with E-state index < -0.39 is 17.7 Å². The number of rotatable bonds is 8. The van der Waals surface area contributed by atoms with Gasteiger partial charge in [-0.1, -0.05) is 18.6 Å². The van der Waals surface area contributed by atoms with Gasteiger partial charge < -0.3 is 34.1 Å². The van der Waals surface area contributed by atoms with Gasteiger partial charge in [0.05, 0.1) is 39.1 Å². The lowest BCUT2D eigenvalue weighted by molar-refractivity contribution is -0.0845. The van der Waals surface area contributed by atoms with Crippen molar-refractivity contribution in [2.45, 2.75) is 69.2 Å². The van der Waals surface area contributed by atoms with Gasteiger partial charge in [-0.2, -0.15) is 9.97 Å². The summed E-state index contributed by atoms with van der Waals surface area (Å²) in [5, 5.41) is 21.9. The number of aliphatic hydroxyl groups is 1. The van der Waals surface area contributed by atoms with Crippen molar-refractivity contribution in [1.29, 1.82) is 0 Å². The van der Waals surface area contributed by atoms with Crippen molar-refractivity contribution in [2.75, 3.05) is 58.6 Å². The molecule has 266 valence electrons. The molecule has 4 heterocycles. The highest BCUT2D eigenvalue weighted by Gasteiger charge is 2.51. The maximum absolute atomic E-state index is 17.0. The second-order valence-electron chi connectivity index (χ2n) is 14.2. The number of hydrogen-bond donors (Lipinski definition) is 2. The van der Waals surface area contributed by atoms with E-state index in [0.717, 1.165) is 51.5 Å².